The van der Waals surface area contributed by atoms with Crippen LogP contribution in [0.1, 0.15) is 29.9 Å². The van der Waals surface area contributed by atoms with Crippen LogP contribution in [0.3, 0.4) is 0 Å². The third kappa shape index (κ3) is 6.10. The molecule has 0 aliphatic rings. The van der Waals surface area contributed by atoms with Crippen LogP contribution in [0.25, 0.3) is 11.0 Å². The van der Waals surface area contributed by atoms with E-state index in [9.17, 15) is 14.3 Å². The molecule has 0 aliphatic carbocycles. The average Bonchev–Trinajstić information content (AvgIpc) is 3.23. The summed E-state index contributed by atoms with van der Waals surface area (Å²) in [6.45, 7) is 1.31. The standard InChI is InChI=1S/C26H26FN3O3/c27-22-10-8-20(9-11-22)21(17-26(31)32)16-19-6-12-23(13-7-19)33-15-3-14-29-30-18-28-24-4-1-2-5-25(24)30/h1-2,4-13,18,21,29H,3,14-17H2,(H,31,32). The van der Waals surface area contributed by atoms with Gasteiger partial charge in [0.15, 0.2) is 0 Å². The number of benzene rings is 3. The Labute approximate surface area is 191 Å². The fourth-order valence-electron chi connectivity index (χ4n) is 3.81. The molecule has 0 saturated heterocycles. The lowest BCUT2D eigenvalue weighted by Gasteiger charge is -2.16. The Bertz CT molecular complexity index is 1190. The number of carboxylic acid groups (broad SMARTS) is 1. The summed E-state index contributed by atoms with van der Waals surface area (Å²) in [5.41, 5.74) is 7.13. The van der Waals surface area contributed by atoms with Crippen molar-refractivity contribution in [2.75, 3.05) is 18.6 Å². The second-order valence-electron chi connectivity index (χ2n) is 7.91. The predicted molar refractivity (Wildman–Crippen MR) is 126 cm³/mol. The molecule has 1 unspecified atom stereocenters. The number of hydrogen-bond acceptors (Lipinski definition) is 4. The molecular weight excluding hydrogens is 421 g/mol. The predicted octanol–water partition coefficient (Wildman–Crippen LogP) is 4.99. The lowest BCUT2D eigenvalue weighted by atomic mass is 9.89. The molecule has 1 heterocycles. The summed E-state index contributed by atoms with van der Waals surface area (Å²) in [6.07, 6.45) is 3.14. The van der Waals surface area contributed by atoms with Gasteiger partial charge in [0.1, 0.15) is 17.9 Å². The lowest BCUT2D eigenvalue weighted by Crippen LogP contribution is -2.16. The first-order chi connectivity index (χ1) is 16.1. The van der Waals surface area contributed by atoms with Gasteiger partial charge in [-0.2, -0.15) is 0 Å². The number of halogens is 1. The molecule has 0 saturated carbocycles. The molecule has 170 valence electrons. The average molecular weight is 448 g/mol. The minimum Gasteiger partial charge on any atom is -0.494 e. The number of aromatic nitrogens is 2. The quantitative estimate of drug-likeness (QED) is 0.317. The van der Waals surface area contributed by atoms with Crippen molar-refractivity contribution in [3.8, 4) is 5.75 Å². The highest BCUT2D eigenvalue weighted by atomic mass is 19.1. The first-order valence-corrected chi connectivity index (χ1v) is 10.9. The van der Waals surface area contributed by atoms with E-state index < -0.39 is 5.97 Å². The highest BCUT2D eigenvalue weighted by Gasteiger charge is 2.16. The Morgan fingerprint density at radius 3 is 2.58 bits per heavy atom. The molecule has 3 aromatic carbocycles. The fraction of sp³-hybridized carbons (Fsp3) is 0.231. The summed E-state index contributed by atoms with van der Waals surface area (Å²) >= 11 is 0. The van der Waals surface area contributed by atoms with E-state index in [0.717, 1.165) is 40.9 Å². The van der Waals surface area contributed by atoms with E-state index in [1.165, 1.54) is 12.1 Å². The minimum absolute atomic E-state index is 0.0108. The van der Waals surface area contributed by atoms with Gasteiger partial charge in [0, 0.05) is 13.0 Å². The molecule has 0 bridgehead atoms. The van der Waals surface area contributed by atoms with Gasteiger partial charge in [0.2, 0.25) is 0 Å². The second-order valence-corrected chi connectivity index (χ2v) is 7.91. The maximum absolute atomic E-state index is 13.2. The molecule has 4 rings (SSSR count). The van der Waals surface area contributed by atoms with Gasteiger partial charge < -0.3 is 15.3 Å². The molecule has 0 fully saturated rings. The van der Waals surface area contributed by atoms with Crippen molar-refractivity contribution in [3.05, 3.63) is 96.1 Å². The van der Waals surface area contributed by atoms with Gasteiger partial charge in [-0.1, -0.05) is 36.4 Å². The van der Waals surface area contributed by atoms with E-state index in [4.69, 9.17) is 4.74 Å². The number of carbonyl (C=O) groups is 1. The largest absolute Gasteiger partial charge is 0.494 e. The topological polar surface area (TPSA) is 76.4 Å². The van der Waals surface area contributed by atoms with Gasteiger partial charge in [0.25, 0.3) is 0 Å². The molecule has 0 amide bonds. The summed E-state index contributed by atoms with van der Waals surface area (Å²) in [5.74, 6) is -0.659. The van der Waals surface area contributed by atoms with Crippen molar-refractivity contribution in [2.24, 2.45) is 0 Å². The summed E-state index contributed by atoms with van der Waals surface area (Å²) < 4.78 is 21.0. The summed E-state index contributed by atoms with van der Waals surface area (Å²) in [4.78, 5) is 15.7. The van der Waals surface area contributed by atoms with Crippen molar-refractivity contribution in [2.45, 2.75) is 25.2 Å². The molecule has 4 aromatic rings. The van der Waals surface area contributed by atoms with Crippen LogP contribution in [0.15, 0.2) is 79.1 Å². The summed E-state index contributed by atoms with van der Waals surface area (Å²) in [6, 6.07) is 21.7. The molecule has 2 N–H and O–H groups in total. The van der Waals surface area contributed by atoms with Gasteiger partial charge in [-0.25, -0.2) is 14.1 Å². The van der Waals surface area contributed by atoms with Crippen molar-refractivity contribution in [1.82, 2.24) is 9.66 Å². The number of imidazole rings is 1. The third-order valence-electron chi connectivity index (χ3n) is 5.49. The third-order valence-corrected chi connectivity index (χ3v) is 5.49. The van der Waals surface area contributed by atoms with Crippen molar-refractivity contribution >= 4 is 17.0 Å². The number of aliphatic carboxylic acids is 1. The number of rotatable bonds is 11. The van der Waals surface area contributed by atoms with Gasteiger partial charge in [0.05, 0.1) is 24.1 Å². The molecule has 7 heteroatoms. The van der Waals surface area contributed by atoms with Gasteiger partial charge >= 0.3 is 5.97 Å². The van der Waals surface area contributed by atoms with E-state index in [1.807, 2.05) is 53.2 Å². The van der Waals surface area contributed by atoms with E-state index in [-0.39, 0.29) is 18.2 Å². The number of para-hydroxylation sites is 2. The first kappa shape index (κ1) is 22.3. The molecule has 0 aliphatic heterocycles. The van der Waals surface area contributed by atoms with Crippen LogP contribution >= 0.6 is 0 Å². The second kappa shape index (κ2) is 10.6. The normalized spacial score (nSPS) is 11.9. The summed E-state index contributed by atoms with van der Waals surface area (Å²) in [5, 5.41) is 9.27. The Hall–Kier alpha value is -3.87. The maximum atomic E-state index is 13.2. The molecule has 0 radical (unpaired) electrons. The van der Waals surface area contributed by atoms with Crippen LogP contribution in [0.5, 0.6) is 5.75 Å². The Morgan fingerprint density at radius 2 is 1.82 bits per heavy atom. The van der Waals surface area contributed by atoms with E-state index in [1.54, 1.807) is 18.5 Å². The number of nitrogens with zero attached hydrogens (tertiary/aromatic N) is 2. The van der Waals surface area contributed by atoms with Crippen molar-refractivity contribution in [1.29, 1.82) is 0 Å². The number of nitrogens with one attached hydrogen (secondary N) is 1. The molecule has 1 atom stereocenters. The van der Waals surface area contributed by atoms with E-state index in [2.05, 4.69) is 10.4 Å². The molecule has 1 aromatic heterocycles. The molecular formula is C26H26FN3O3. The van der Waals surface area contributed by atoms with Crippen LogP contribution in [-0.2, 0) is 11.2 Å². The van der Waals surface area contributed by atoms with Crippen LogP contribution in [0.2, 0.25) is 0 Å². The number of carboxylic acids is 1. The zero-order valence-corrected chi connectivity index (χ0v) is 18.2. The maximum Gasteiger partial charge on any atom is 0.303 e. The zero-order chi connectivity index (χ0) is 23.0. The first-order valence-electron chi connectivity index (χ1n) is 10.9. The van der Waals surface area contributed by atoms with E-state index in [0.29, 0.717) is 13.0 Å². The highest BCUT2D eigenvalue weighted by Crippen LogP contribution is 2.26. The SMILES string of the molecule is O=C(O)CC(Cc1ccc(OCCCNn2cnc3ccccc32)cc1)c1ccc(F)cc1. The zero-order valence-electron chi connectivity index (χ0n) is 18.2. The Balaban J connectivity index is 1.26. The van der Waals surface area contributed by atoms with Crippen LogP contribution < -0.4 is 10.2 Å². The van der Waals surface area contributed by atoms with Crippen molar-refractivity contribution < 1.29 is 19.0 Å². The van der Waals surface area contributed by atoms with Crippen LogP contribution in [0.4, 0.5) is 4.39 Å². The monoisotopic (exact) mass is 447 g/mol. The fourth-order valence-corrected chi connectivity index (χ4v) is 3.81. The molecule has 0 spiro atoms. The van der Waals surface area contributed by atoms with E-state index >= 15 is 0 Å². The van der Waals surface area contributed by atoms with Gasteiger partial charge in [-0.05, 0) is 59.9 Å². The smallest absolute Gasteiger partial charge is 0.303 e. The van der Waals surface area contributed by atoms with Crippen molar-refractivity contribution in [3.63, 3.8) is 0 Å². The highest BCUT2D eigenvalue weighted by molar-refractivity contribution is 5.75. The number of fused-ring (bicyclic) bond motifs is 1. The van der Waals surface area contributed by atoms with Crippen LogP contribution in [-0.4, -0.2) is 33.9 Å². The molecule has 33 heavy (non-hydrogen) atoms. The van der Waals surface area contributed by atoms with Gasteiger partial charge in [-0.15, -0.1) is 0 Å². The molecule has 6 nitrogen and oxygen atoms in total. The number of hydrogen-bond donors (Lipinski definition) is 2. The summed E-state index contributed by atoms with van der Waals surface area (Å²) in [7, 11) is 0. The van der Waals surface area contributed by atoms with Gasteiger partial charge in [-0.3, -0.25) is 4.79 Å². The van der Waals surface area contributed by atoms with Crippen LogP contribution in [0, 0.1) is 5.82 Å². The minimum atomic E-state index is -0.874. The number of ether oxygens (including phenoxy) is 1. The lowest BCUT2D eigenvalue weighted by molar-refractivity contribution is -0.137. The Kier molecular flexibility index (Phi) is 7.19. The Morgan fingerprint density at radius 1 is 1.06 bits per heavy atom.